The zero-order valence-corrected chi connectivity index (χ0v) is 22.5. The van der Waals surface area contributed by atoms with Crippen LogP contribution in [-0.2, 0) is 20.9 Å². The van der Waals surface area contributed by atoms with Crippen LogP contribution in [0.3, 0.4) is 0 Å². The predicted octanol–water partition coefficient (Wildman–Crippen LogP) is 4.50. The number of ether oxygens (including phenoxy) is 2. The fourth-order valence-electron chi connectivity index (χ4n) is 4.70. The molecule has 1 aliphatic heterocycles. The van der Waals surface area contributed by atoms with E-state index in [0.29, 0.717) is 31.4 Å². The number of carbonyl (C=O) groups is 3. The Morgan fingerprint density at radius 3 is 2.27 bits per heavy atom. The lowest BCUT2D eigenvalue weighted by Crippen LogP contribution is -2.58. The van der Waals surface area contributed by atoms with Crippen LogP contribution in [0.2, 0.25) is 0 Å². The molecule has 0 spiro atoms. The number of amides is 2. The number of likely N-dealkylation sites (N-methyl/N-ethyl adjacent to an activating group) is 1. The van der Waals surface area contributed by atoms with Gasteiger partial charge in [-0.2, -0.15) is 0 Å². The Kier molecular flexibility index (Phi) is 9.32. The first-order chi connectivity index (χ1) is 17.5. The third-order valence-electron chi connectivity index (χ3n) is 6.77. The van der Waals surface area contributed by atoms with E-state index in [9.17, 15) is 14.4 Å². The van der Waals surface area contributed by atoms with E-state index in [0.717, 1.165) is 5.56 Å². The number of carbonyl (C=O) groups excluding carboxylic acids is 3. The zero-order chi connectivity index (χ0) is 27.1. The van der Waals surface area contributed by atoms with Gasteiger partial charge in [-0.3, -0.25) is 10.1 Å². The molecule has 0 saturated carbocycles. The summed E-state index contributed by atoms with van der Waals surface area (Å²) in [5.74, 6) is -0.567. The van der Waals surface area contributed by atoms with Crippen LogP contribution in [0, 0.1) is 5.41 Å². The number of alkyl carbamates (subject to hydrolysis) is 1. The minimum atomic E-state index is -1.06. The number of benzene rings is 2. The van der Waals surface area contributed by atoms with Crippen molar-refractivity contribution in [2.24, 2.45) is 5.41 Å². The summed E-state index contributed by atoms with van der Waals surface area (Å²) in [6.45, 7) is 8.58. The average molecular weight is 510 g/mol. The van der Waals surface area contributed by atoms with Gasteiger partial charge < -0.3 is 19.7 Å². The molecule has 2 N–H and O–H groups in total. The SMILES string of the molecule is CC(OC(=O)c1ccccc1)C1(CCCCNC(=O)OCc2ccccc2)NC(C(C)(C)C)N(C)C1=O. The van der Waals surface area contributed by atoms with Crippen LogP contribution in [0.5, 0.6) is 0 Å². The maximum absolute atomic E-state index is 13.6. The van der Waals surface area contributed by atoms with Crippen molar-refractivity contribution >= 4 is 18.0 Å². The zero-order valence-electron chi connectivity index (χ0n) is 22.5. The maximum Gasteiger partial charge on any atom is 0.407 e. The third kappa shape index (κ3) is 7.10. The molecule has 0 aliphatic carbocycles. The van der Waals surface area contributed by atoms with Crippen LogP contribution >= 0.6 is 0 Å². The highest BCUT2D eigenvalue weighted by Crippen LogP contribution is 2.36. The number of hydrogen-bond donors (Lipinski definition) is 2. The molecule has 0 radical (unpaired) electrons. The number of unbranched alkanes of at least 4 members (excludes halogenated alkanes) is 1. The number of hydrogen-bond acceptors (Lipinski definition) is 6. The first-order valence-electron chi connectivity index (χ1n) is 12.8. The normalized spacial score (nSPS) is 20.4. The largest absolute Gasteiger partial charge is 0.457 e. The molecule has 200 valence electrons. The van der Waals surface area contributed by atoms with Gasteiger partial charge in [0.05, 0.1) is 11.7 Å². The van der Waals surface area contributed by atoms with Gasteiger partial charge in [0, 0.05) is 13.6 Å². The highest BCUT2D eigenvalue weighted by Gasteiger charge is 2.56. The van der Waals surface area contributed by atoms with Crippen LogP contribution < -0.4 is 10.6 Å². The van der Waals surface area contributed by atoms with E-state index in [4.69, 9.17) is 9.47 Å². The molecule has 2 amide bonds. The van der Waals surface area contributed by atoms with Crippen LogP contribution in [0.15, 0.2) is 60.7 Å². The Balaban J connectivity index is 1.60. The van der Waals surface area contributed by atoms with Gasteiger partial charge in [0.2, 0.25) is 5.91 Å². The molecule has 3 rings (SSSR count). The molecule has 8 nitrogen and oxygen atoms in total. The van der Waals surface area contributed by atoms with Gasteiger partial charge >= 0.3 is 12.1 Å². The standard InChI is InChI=1S/C29H39N3O5/c1-21(37-24(33)23-16-10-7-11-17-23)29(26(34)32(5)25(31-29)28(2,3)4)18-12-13-19-30-27(35)36-20-22-14-8-6-9-15-22/h6-11,14-17,21,25,31H,12-13,18-20H2,1-5H3,(H,30,35). The smallest absolute Gasteiger partial charge is 0.407 e. The molecule has 1 fully saturated rings. The topological polar surface area (TPSA) is 97.0 Å². The number of esters is 1. The van der Waals surface area contributed by atoms with Gasteiger partial charge in [-0.25, -0.2) is 9.59 Å². The second kappa shape index (κ2) is 12.2. The van der Waals surface area contributed by atoms with Crippen LogP contribution in [-0.4, -0.2) is 54.3 Å². The van der Waals surface area contributed by atoms with Crippen molar-refractivity contribution in [3.63, 3.8) is 0 Å². The fraction of sp³-hybridized carbons (Fsp3) is 0.483. The van der Waals surface area contributed by atoms with E-state index in [1.807, 2.05) is 36.4 Å². The molecular formula is C29H39N3O5. The summed E-state index contributed by atoms with van der Waals surface area (Å²) in [6, 6.07) is 18.3. The monoisotopic (exact) mass is 509 g/mol. The lowest BCUT2D eigenvalue weighted by atomic mass is 9.86. The van der Waals surface area contributed by atoms with E-state index in [1.165, 1.54) is 0 Å². The van der Waals surface area contributed by atoms with Crippen molar-refractivity contribution in [2.75, 3.05) is 13.6 Å². The minimum absolute atomic E-state index is 0.101. The molecule has 2 aromatic carbocycles. The Morgan fingerprint density at radius 1 is 1.05 bits per heavy atom. The Morgan fingerprint density at radius 2 is 1.68 bits per heavy atom. The Labute approximate surface area is 219 Å². The van der Waals surface area contributed by atoms with E-state index in [-0.39, 0.29) is 24.1 Å². The van der Waals surface area contributed by atoms with Gasteiger partial charge in [-0.15, -0.1) is 0 Å². The van der Waals surface area contributed by atoms with Crippen molar-refractivity contribution in [3.05, 3.63) is 71.8 Å². The summed E-state index contributed by atoms with van der Waals surface area (Å²) in [6.07, 6.45) is 0.324. The first-order valence-corrected chi connectivity index (χ1v) is 12.8. The van der Waals surface area contributed by atoms with Gasteiger partial charge in [0.15, 0.2) is 0 Å². The molecule has 1 heterocycles. The molecule has 1 aliphatic rings. The van der Waals surface area contributed by atoms with Crippen LogP contribution in [0.1, 0.15) is 62.9 Å². The highest BCUT2D eigenvalue weighted by atomic mass is 16.6. The molecule has 8 heteroatoms. The van der Waals surface area contributed by atoms with E-state index < -0.39 is 23.7 Å². The maximum atomic E-state index is 13.6. The lowest BCUT2D eigenvalue weighted by molar-refractivity contribution is -0.136. The molecule has 3 unspecified atom stereocenters. The predicted molar refractivity (Wildman–Crippen MR) is 142 cm³/mol. The van der Waals surface area contributed by atoms with Gasteiger partial charge in [-0.1, -0.05) is 69.3 Å². The summed E-state index contributed by atoms with van der Waals surface area (Å²) in [5, 5.41) is 6.29. The van der Waals surface area contributed by atoms with Gasteiger partial charge in [-0.05, 0) is 49.3 Å². The van der Waals surface area contributed by atoms with E-state index in [2.05, 4.69) is 31.4 Å². The van der Waals surface area contributed by atoms with Gasteiger partial charge in [0.1, 0.15) is 18.2 Å². The number of nitrogens with one attached hydrogen (secondary N) is 2. The van der Waals surface area contributed by atoms with Crippen molar-refractivity contribution in [2.45, 2.75) is 71.4 Å². The molecular weight excluding hydrogens is 470 g/mol. The second-order valence-electron chi connectivity index (χ2n) is 10.7. The molecule has 0 aromatic heterocycles. The van der Waals surface area contributed by atoms with Crippen molar-refractivity contribution in [3.8, 4) is 0 Å². The second-order valence-corrected chi connectivity index (χ2v) is 10.7. The summed E-state index contributed by atoms with van der Waals surface area (Å²) in [4.78, 5) is 40.2. The summed E-state index contributed by atoms with van der Waals surface area (Å²) in [7, 11) is 1.78. The quantitative estimate of drug-likeness (QED) is 0.362. The van der Waals surface area contributed by atoms with Crippen molar-refractivity contribution < 1.29 is 23.9 Å². The van der Waals surface area contributed by atoms with Crippen molar-refractivity contribution in [1.29, 1.82) is 0 Å². The Bertz CT molecular complexity index is 1050. The number of rotatable bonds is 10. The molecule has 37 heavy (non-hydrogen) atoms. The summed E-state index contributed by atoms with van der Waals surface area (Å²) in [5.41, 5.74) is 0.0699. The Hall–Kier alpha value is -3.39. The molecule has 1 saturated heterocycles. The van der Waals surface area contributed by atoms with E-state index in [1.54, 1.807) is 43.1 Å². The molecule has 3 atom stereocenters. The minimum Gasteiger partial charge on any atom is -0.457 e. The molecule has 0 bridgehead atoms. The highest BCUT2D eigenvalue weighted by molar-refractivity contribution is 5.92. The lowest BCUT2D eigenvalue weighted by Gasteiger charge is -2.35. The number of nitrogens with zero attached hydrogens (tertiary/aromatic N) is 1. The van der Waals surface area contributed by atoms with Gasteiger partial charge in [0.25, 0.3) is 0 Å². The third-order valence-corrected chi connectivity index (χ3v) is 6.77. The van der Waals surface area contributed by atoms with Crippen molar-refractivity contribution in [1.82, 2.24) is 15.5 Å². The summed E-state index contributed by atoms with van der Waals surface area (Å²) >= 11 is 0. The summed E-state index contributed by atoms with van der Waals surface area (Å²) < 4.78 is 11.1. The van der Waals surface area contributed by atoms with E-state index >= 15 is 0 Å². The fourth-order valence-corrected chi connectivity index (χ4v) is 4.70. The molecule has 2 aromatic rings. The van der Waals surface area contributed by atoms with Crippen LogP contribution in [0.25, 0.3) is 0 Å². The van der Waals surface area contributed by atoms with Crippen LogP contribution in [0.4, 0.5) is 4.79 Å². The first kappa shape index (κ1) is 28.2. The average Bonchev–Trinajstić information content (AvgIpc) is 3.15.